The number of nitrogens with zero attached hydrogens (tertiary/aromatic N) is 1. The van der Waals surface area contributed by atoms with Gasteiger partial charge < -0.3 is 5.32 Å². The Morgan fingerprint density at radius 3 is 2.76 bits per heavy atom. The number of carbonyl (C=O) groups excluding carboxylic acids is 2. The largest absolute Gasteiger partial charge is 0.334 e. The van der Waals surface area contributed by atoms with Crippen LogP contribution in [0.15, 0.2) is 30.3 Å². The van der Waals surface area contributed by atoms with E-state index < -0.39 is 6.03 Å². The van der Waals surface area contributed by atoms with Gasteiger partial charge in [-0.25, -0.2) is 4.79 Å². The molecule has 0 bridgehead atoms. The second kappa shape index (κ2) is 7.78. The molecule has 0 saturated carbocycles. The maximum absolute atomic E-state index is 11.8. The van der Waals surface area contributed by atoms with Crippen molar-refractivity contribution in [2.45, 2.75) is 26.3 Å². The van der Waals surface area contributed by atoms with Crippen molar-refractivity contribution in [1.29, 1.82) is 0 Å². The Kier molecular flexibility index (Phi) is 5.75. The minimum absolute atomic E-state index is 0.241. The quantitative estimate of drug-likeness (QED) is 0.887. The molecular formula is C16H23N3O2. The molecule has 2 N–H and O–H groups in total. The highest BCUT2D eigenvalue weighted by atomic mass is 16.2. The van der Waals surface area contributed by atoms with E-state index >= 15 is 0 Å². The first-order valence-electron chi connectivity index (χ1n) is 7.47. The Balaban J connectivity index is 1.68. The summed E-state index contributed by atoms with van der Waals surface area (Å²) in [6.07, 6.45) is 2.34. The maximum Gasteiger partial charge on any atom is 0.321 e. The molecule has 114 valence electrons. The highest BCUT2D eigenvalue weighted by Crippen LogP contribution is 2.14. The molecule has 5 heteroatoms. The van der Waals surface area contributed by atoms with E-state index in [0.29, 0.717) is 19.0 Å². The van der Waals surface area contributed by atoms with Crippen LogP contribution in [0.2, 0.25) is 0 Å². The second-order valence-corrected chi connectivity index (χ2v) is 5.70. The molecule has 0 unspecified atom stereocenters. The topological polar surface area (TPSA) is 61.4 Å². The third kappa shape index (κ3) is 5.55. The van der Waals surface area contributed by atoms with Crippen LogP contribution < -0.4 is 10.6 Å². The molecule has 0 spiro atoms. The van der Waals surface area contributed by atoms with E-state index in [2.05, 4.69) is 22.5 Å². The fraction of sp³-hybridized carbons (Fsp3) is 0.500. The van der Waals surface area contributed by atoms with Gasteiger partial charge in [0, 0.05) is 13.1 Å². The Bertz CT molecular complexity index is 476. The summed E-state index contributed by atoms with van der Waals surface area (Å²) in [5, 5.41) is 5.07. The molecule has 1 atom stereocenters. The number of likely N-dealkylation sites (tertiary alicyclic amines) is 1. The molecule has 5 nitrogen and oxygen atoms in total. The Morgan fingerprint density at radius 1 is 1.29 bits per heavy atom. The van der Waals surface area contributed by atoms with E-state index in [1.807, 2.05) is 30.3 Å². The minimum Gasteiger partial charge on any atom is -0.334 e. The lowest BCUT2D eigenvalue weighted by Gasteiger charge is -2.29. The molecule has 2 rings (SSSR count). The van der Waals surface area contributed by atoms with E-state index in [0.717, 1.165) is 25.1 Å². The van der Waals surface area contributed by atoms with Gasteiger partial charge in [-0.1, -0.05) is 37.3 Å². The molecule has 3 amide bonds. The van der Waals surface area contributed by atoms with Gasteiger partial charge in [0.25, 0.3) is 0 Å². The van der Waals surface area contributed by atoms with Crippen molar-refractivity contribution in [3.63, 3.8) is 0 Å². The van der Waals surface area contributed by atoms with Crippen LogP contribution in [-0.2, 0) is 11.3 Å². The van der Waals surface area contributed by atoms with Crippen LogP contribution in [-0.4, -0.2) is 36.5 Å². The molecule has 1 aromatic rings. The predicted molar refractivity (Wildman–Crippen MR) is 81.7 cm³/mol. The number of amides is 3. The van der Waals surface area contributed by atoms with Crippen molar-refractivity contribution in [2.75, 3.05) is 19.6 Å². The minimum atomic E-state index is -0.436. The molecule has 0 aliphatic carbocycles. The third-order valence-corrected chi connectivity index (χ3v) is 3.66. The van der Waals surface area contributed by atoms with E-state index in [4.69, 9.17) is 0 Å². The highest BCUT2D eigenvalue weighted by Gasteiger charge is 2.19. The van der Waals surface area contributed by atoms with Crippen LogP contribution in [0.4, 0.5) is 4.79 Å². The Morgan fingerprint density at radius 2 is 2.05 bits per heavy atom. The number of benzene rings is 1. The number of nitrogens with one attached hydrogen (secondary N) is 2. The standard InChI is InChI=1S/C16H23N3O2/c1-13-6-5-9-19(11-13)12-15(20)18-16(21)17-10-14-7-3-2-4-8-14/h2-4,7-8,13H,5-6,9-12H2,1H3,(H2,17,18,20,21)/t13-/m1/s1. The highest BCUT2D eigenvalue weighted by molar-refractivity contribution is 5.95. The third-order valence-electron chi connectivity index (χ3n) is 3.66. The Hall–Kier alpha value is -1.88. The first-order chi connectivity index (χ1) is 10.1. The number of hydrogen-bond donors (Lipinski definition) is 2. The molecule has 1 saturated heterocycles. The Labute approximate surface area is 125 Å². The summed E-state index contributed by atoms with van der Waals surface area (Å²) >= 11 is 0. The van der Waals surface area contributed by atoms with Gasteiger partial charge >= 0.3 is 6.03 Å². The lowest BCUT2D eigenvalue weighted by molar-refractivity contribution is -0.121. The van der Waals surface area contributed by atoms with Gasteiger partial charge in [0.1, 0.15) is 0 Å². The van der Waals surface area contributed by atoms with Crippen LogP contribution in [0.5, 0.6) is 0 Å². The SMILES string of the molecule is C[C@@H]1CCCN(CC(=O)NC(=O)NCc2ccccc2)C1. The van der Waals surface area contributed by atoms with Gasteiger partial charge in [0.15, 0.2) is 0 Å². The number of piperidine rings is 1. The van der Waals surface area contributed by atoms with Crippen LogP contribution in [0.3, 0.4) is 0 Å². The lowest BCUT2D eigenvalue weighted by Crippen LogP contribution is -2.46. The molecule has 1 aliphatic rings. The van der Waals surface area contributed by atoms with Crippen LogP contribution in [0.25, 0.3) is 0 Å². The number of imide groups is 1. The second-order valence-electron chi connectivity index (χ2n) is 5.70. The van der Waals surface area contributed by atoms with Crippen molar-refractivity contribution in [2.24, 2.45) is 5.92 Å². The first-order valence-corrected chi connectivity index (χ1v) is 7.47. The van der Waals surface area contributed by atoms with Crippen LogP contribution in [0, 0.1) is 5.92 Å². The number of urea groups is 1. The number of carbonyl (C=O) groups is 2. The van der Waals surface area contributed by atoms with E-state index in [1.165, 1.54) is 6.42 Å². The number of rotatable bonds is 4. The normalized spacial score (nSPS) is 19.0. The first kappa shape index (κ1) is 15.5. The van der Waals surface area contributed by atoms with Gasteiger partial charge in [-0.15, -0.1) is 0 Å². The lowest BCUT2D eigenvalue weighted by atomic mass is 10.0. The van der Waals surface area contributed by atoms with Crippen molar-refractivity contribution in [1.82, 2.24) is 15.5 Å². The fourth-order valence-electron chi connectivity index (χ4n) is 2.62. The van der Waals surface area contributed by atoms with Gasteiger partial charge in [-0.05, 0) is 30.9 Å². The smallest absolute Gasteiger partial charge is 0.321 e. The molecule has 1 fully saturated rings. The summed E-state index contributed by atoms with van der Waals surface area (Å²) in [6.45, 7) is 4.77. The van der Waals surface area contributed by atoms with E-state index in [1.54, 1.807) is 0 Å². The predicted octanol–water partition coefficient (Wildman–Crippen LogP) is 1.74. The van der Waals surface area contributed by atoms with Gasteiger partial charge in [0.2, 0.25) is 5.91 Å². The monoisotopic (exact) mass is 289 g/mol. The van der Waals surface area contributed by atoms with Crippen molar-refractivity contribution in [3.8, 4) is 0 Å². The zero-order valence-electron chi connectivity index (χ0n) is 12.5. The van der Waals surface area contributed by atoms with E-state index in [-0.39, 0.29) is 5.91 Å². The van der Waals surface area contributed by atoms with Gasteiger partial charge in [-0.2, -0.15) is 0 Å². The molecule has 21 heavy (non-hydrogen) atoms. The molecule has 0 radical (unpaired) electrons. The average Bonchev–Trinajstić information content (AvgIpc) is 2.46. The van der Waals surface area contributed by atoms with Crippen LogP contribution in [0.1, 0.15) is 25.3 Å². The van der Waals surface area contributed by atoms with Crippen LogP contribution >= 0.6 is 0 Å². The van der Waals surface area contributed by atoms with Gasteiger partial charge in [-0.3, -0.25) is 15.0 Å². The summed E-state index contributed by atoms with van der Waals surface area (Å²) in [4.78, 5) is 25.6. The summed E-state index contributed by atoms with van der Waals surface area (Å²) in [5.74, 6) is 0.383. The summed E-state index contributed by atoms with van der Waals surface area (Å²) in [6, 6.07) is 9.17. The number of hydrogen-bond acceptors (Lipinski definition) is 3. The maximum atomic E-state index is 11.8. The zero-order valence-corrected chi connectivity index (χ0v) is 12.5. The zero-order chi connectivity index (χ0) is 15.1. The molecular weight excluding hydrogens is 266 g/mol. The van der Waals surface area contributed by atoms with Crippen molar-refractivity contribution < 1.29 is 9.59 Å². The van der Waals surface area contributed by atoms with Crippen molar-refractivity contribution >= 4 is 11.9 Å². The van der Waals surface area contributed by atoms with E-state index in [9.17, 15) is 9.59 Å². The molecule has 1 aromatic carbocycles. The average molecular weight is 289 g/mol. The molecule has 0 aromatic heterocycles. The molecule has 1 aliphatic heterocycles. The molecule has 1 heterocycles. The summed E-state index contributed by atoms with van der Waals surface area (Å²) < 4.78 is 0. The van der Waals surface area contributed by atoms with Crippen molar-refractivity contribution in [3.05, 3.63) is 35.9 Å². The summed E-state index contributed by atoms with van der Waals surface area (Å²) in [7, 11) is 0. The van der Waals surface area contributed by atoms with Gasteiger partial charge in [0.05, 0.1) is 6.54 Å². The summed E-state index contributed by atoms with van der Waals surface area (Å²) in [5.41, 5.74) is 1.00. The fourth-order valence-corrected chi connectivity index (χ4v) is 2.62.